The fourth-order valence-electron chi connectivity index (χ4n) is 3.74. The highest BCUT2D eigenvalue weighted by Crippen LogP contribution is 2.47. The molecule has 0 amide bonds. The molecule has 0 spiro atoms. The summed E-state index contributed by atoms with van der Waals surface area (Å²) in [4.78, 5) is 13.8. The summed E-state index contributed by atoms with van der Waals surface area (Å²) in [6.07, 6.45) is 2.41. The van der Waals surface area contributed by atoms with Crippen LogP contribution in [0.25, 0.3) is 0 Å². The number of fused-ring (bicyclic) bond motifs is 1. The number of aromatic nitrogens is 2. The molecular formula is C19H23F2N5O2S2. The van der Waals surface area contributed by atoms with Crippen LogP contribution in [0.15, 0.2) is 22.6 Å². The molecule has 2 aromatic rings. The Morgan fingerprint density at radius 1 is 1.47 bits per heavy atom. The maximum Gasteiger partial charge on any atom is 0.387 e. The molecule has 1 fully saturated rings. The lowest BCUT2D eigenvalue weighted by atomic mass is 9.80. The van der Waals surface area contributed by atoms with Gasteiger partial charge in [0.1, 0.15) is 22.1 Å². The third kappa shape index (κ3) is 4.37. The average Bonchev–Trinajstić information content (AvgIpc) is 3.17. The summed E-state index contributed by atoms with van der Waals surface area (Å²) in [6, 6.07) is 1.55. The Balaban J connectivity index is 1.48. The van der Waals surface area contributed by atoms with Crippen molar-refractivity contribution in [3.05, 3.63) is 33.9 Å². The second-order valence-electron chi connectivity index (χ2n) is 7.44. The van der Waals surface area contributed by atoms with Crippen LogP contribution in [0, 0.1) is 12.8 Å². The predicted molar refractivity (Wildman–Crippen MR) is 114 cm³/mol. The zero-order valence-electron chi connectivity index (χ0n) is 16.6. The lowest BCUT2D eigenvalue weighted by Gasteiger charge is -2.44. The second kappa shape index (κ2) is 8.64. The van der Waals surface area contributed by atoms with E-state index in [0.717, 1.165) is 28.4 Å². The molecule has 2 aliphatic rings. The number of aryl methyl sites for hydroxylation is 1. The van der Waals surface area contributed by atoms with Gasteiger partial charge in [-0.2, -0.15) is 8.78 Å². The molecule has 162 valence electrons. The number of nitrogens with two attached hydrogens (primary N) is 1. The van der Waals surface area contributed by atoms with Crippen LogP contribution in [0.2, 0.25) is 0 Å². The lowest BCUT2D eigenvalue weighted by Crippen LogP contribution is -2.49. The van der Waals surface area contributed by atoms with Gasteiger partial charge < -0.3 is 20.5 Å². The Morgan fingerprint density at radius 3 is 3.07 bits per heavy atom. The molecule has 7 nitrogen and oxygen atoms in total. The van der Waals surface area contributed by atoms with E-state index in [0.29, 0.717) is 30.1 Å². The first kappa shape index (κ1) is 21.3. The minimum absolute atomic E-state index is 0.0458. The van der Waals surface area contributed by atoms with Crippen molar-refractivity contribution in [3.63, 3.8) is 0 Å². The molecule has 0 saturated carbocycles. The number of alkyl halides is 2. The van der Waals surface area contributed by atoms with Gasteiger partial charge in [-0.05, 0) is 31.9 Å². The standard InChI is InChI=1S/C19H23F2N5O2S2/c1-10-3-13(28-17(20)21)5-23-14(10)6-24-15-8-29-16(25-15)19-9-27-11(2)4-12(19)7-30-18(22)26-19/h3,5,8,11-12,17,24H,4,6-7,9H2,1-2H3,(H2,22,26)/t11-,12-,19-/m0/s1. The van der Waals surface area contributed by atoms with Crippen LogP contribution >= 0.6 is 23.1 Å². The summed E-state index contributed by atoms with van der Waals surface area (Å²) < 4.78 is 35.0. The van der Waals surface area contributed by atoms with Gasteiger partial charge in [-0.25, -0.2) is 9.98 Å². The van der Waals surface area contributed by atoms with Crippen molar-refractivity contribution in [1.29, 1.82) is 0 Å². The van der Waals surface area contributed by atoms with Crippen LogP contribution < -0.4 is 15.8 Å². The van der Waals surface area contributed by atoms with E-state index in [2.05, 4.69) is 22.0 Å². The number of halogens is 2. The quantitative estimate of drug-likeness (QED) is 0.685. The fraction of sp³-hybridized carbons (Fsp3) is 0.526. The molecule has 4 heterocycles. The number of rotatable bonds is 6. The monoisotopic (exact) mass is 455 g/mol. The first-order valence-electron chi connectivity index (χ1n) is 9.55. The van der Waals surface area contributed by atoms with Crippen molar-refractivity contribution in [2.24, 2.45) is 16.6 Å². The largest absolute Gasteiger partial charge is 0.433 e. The predicted octanol–water partition coefficient (Wildman–Crippen LogP) is 3.74. The zero-order chi connectivity index (χ0) is 21.3. The first-order chi connectivity index (χ1) is 14.4. The average molecular weight is 456 g/mol. The number of nitrogens with one attached hydrogen (secondary N) is 1. The van der Waals surface area contributed by atoms with E-state index in [9.17, 15) is 8.78 Å². The van der Waals surface area contributed by atoms with Crippen molar-refractivity contribution in [2.45, 2.75) is 45.1 Å². The van der Waals surface area contributed by atoms with E-state index < -0.39 is 12.2 Å². The smallest absolute Gasteiger partial charge is 0.387 e. The molecule has 0 radical (unpaired) electrons. The van der Waals surface area contributed by atoms with Crippen LogP contribution in [-0.2, 0) is 16.8 Å². The Hall–Kier alpha value is -1.98. The number of hydrogen-bond acceptors (Lipinski definition) is 9. The molecule has 3 N–H and O–H groups in total. The number of hydrogen-bond donors (Lipinski definition) is 2. The third-order valence-corrected chi connectivity index (χ3v) is 7.29. The number of amidine groups is 1. The number of thioether (sulfide) groups is 1. The molecule has 3 atom stereocenters. The van der Waals surface area contributed by atoms with Gasteiger partial charge in [-0.3, -0.25) is 4.98 Å². The minimum atomic E-state index is -2.87. The van der Waals surface area contributed by atoms with Gasteiger partial charge in [0.2, 0.25) is 0 Å². The van der Waals surface area contributed by atoms with E-state index in [1.54, 1.807) is 24.8 Å². The number of pyridine rings is 1. The summed E-state index contributed by atoms with van der Waals surface area (Å²) in [7, 11) is 0. The number of nitrogens with zero attached hydrogens (tertiary/aromatic N) is 3. The van der Waals surface area contributed by atoms with E-state index in [4.69, 9.17) is 20.4 Å². The van der Waals surface area contributed by atoms with Crippen LogP contribution in [0.5, 0.6) is 5.75 Å². The normalized spacial score (nSPS) is 26.2. The SMILES string of the molecule is Cc1cc(OC(F)F)cnc1CNc1csc([C@]23CO[C@@H](C)C[C@H]2CSC(N)=N3)n1. The second-order valence-corrected chi connectivity index (χ2v) is 9.34. The highest BCUT2D eigenvalue weighted by Gasteiger charge is 2.49. The maximum atomic E-state index is 12.3. The molecule has 2 aromatic heterocycles. The van der Waals surface area contributed by atoms with Crippen LogP contribution in [0.1, 0.15) is 29.6 Å². The van der Waals surface area contributed by atoms with E-state index in [1.807, 2.05) is 5.38 Å². The van der Waals surface area contributed by atoms with Crippen molar-refractivity contribution >= 4 is 34.1 Å². The van der Waals surface area contributed by atoms with Crippen molar-refractivity contribution < 1.29 is 18.3 Å². The van der Waals surface area contributed by atoms with Gasteiger partial charge in [0.05, 0.1) is 31.1 Å². The molecule has 0 bridgehead atoms. The van der Waals surface area contributed by atoms with Crippen molar-refractivity contribution in [3.8, 4) is 5.75 Å². The number of thiazole rings is 1. The summed E-state index contributed by atoms with van der Waals surface area (Å²) in [5, 5.41) is 6.65. The Labute approximate surface area is 181 Å². The molecule has 4 rings (SSSR count). The van der Waals surface area contributed by atoms with Gasteiger partial charge >= 0.3 is 6.61 Å². The van der Waals surface area contributed by atoms with Gasteiger partial charge in [-0.15, -0.1) is 11.3 Å². The minimum Gasteiger partial charge on any atom is -0.433 e. The molecule has 0 aliphatic carbocycles. The van der Waals surface area contributed by atoms with Crippen molar-refractivity contribution in [2.75, 3.05) is 17.7 Å². The van der Waals surface area contributed by atoms with Crippen molar-refractivity contribution in [1.82, 2.24) is 9.97 Å². The van der Waals surface area contributed by atoms with Gasteiger partial charge in [0, 0.05) is 17.1 Å². The Kier molecular flexibility index (Phi) is 6.12. The van der Waals surface area contributed by atoms with Crippen LogP contribution in [0.3, 0.4) is 0 Å². The van der Waals surface area contributed by atoms with Crippen LogP contribution in [0.4, 0.5) is 14.6 Å². The molecule has 30 heavy (non-hydrogen) atoms. The molecule has 1 saturated heterocycles. The summed E-state index contributed by atoms with van der Waals surface area (Å²) in [6.45, 7) is 1.90. The Bertz CT molecular complexity index is 941. The molecular weight excluding hydrogens is 432 g/mol. The highest BCUT2D eigenvalue weighted by molar-refractivity contribution is 8.13. The third-order valence-electron chi connectivity index (χ3n) is 5.32. The first-order valence-corrected chi connectivity index (χ1v) is 11.4. The van der Waals surface area contributed by atoms with Gasteiger partial charge in [-0.1, -0.05) is 11.8 Å². The zero-order valence-corrected chi connectivity index (χ0v) is 18.2. The van der Waals surface area contributed by atoms with E-state index in [-0.39, 0.29) is 11.9 Å². The number of anilines is 1. The number of aliphatic imine (C=N–C) groups is 1. The lowest BCUT2D eigenvalue weighted by molar-refractivity contribution is -0.0501. The summed E-state index contributed by atoms with van der Waals surface area (Å²) in [5.41, 5.74) is 7.01. The molecule has 2 aliphatic heterocycles. The van der Waals surface area contributed by atoms with Gasteiger partial charge in [0.15, 0.2) is 5.17 Å². The van der Waals surface area contributed by atoms with E-state index in [1.165, 1.54) is 17.5 Å². The summed E-state index contributed by atoms with van der Waals surface area (Å²) >= 11 is 3.12. The molecule has 11 heteroatoms. The highest BCUT2D eigenvalue weighted by atomic mass is 32.2. The Morgan fingerprint density at radius 2 is 2.30 bits per heavy atom. The topological polar surface area (TPSA) is 94.6 Å². The maximum absolute atomic E-state index is 12.3. The molecule has 0 aromatic carbocycles. The number of ether oxygens (including phenoxy) is 2. The summed E-state index contributed by atoms with van der Waals surface area (Å²) in [5.74, 6) is 1.98. The van der Waals surface area contributed by atoms with Gasteiger partial charge in [0.25, 0.3) is 0 Å². The fourth-order valence-corrected chi connectivity index (χ4v) is 5.73. The van der Waals surface area contributed by atoms with E-state index >= 15 is 0 Å². The molecule has 0 unspecified atom stereocenters. The van der Waals surface area contributed by atoms with Crippen LogP contribution in [-0.4, -0.2) is 40.2 Å².